The third kappa shape index (κ3) is 3.44. The molecule has 8 heteroatoms. The number of fused-ring (bicyclic) bond motifs is 1. The van der Waals surface area contributed by atoms with Crippen molar-refractivity contribution in [2.75, 3.05) is 5.32 Å². The van der Waals surface area contributed by atoms with Crippen molar-refractivity contribution in [1.82, 2.24) is 15.0 Å². The molecule has 1 fully saturated rings. The van der Waals surface area contributed by atoms with E-state index >= 15 is 0 Å². The number of rotatable bonds is 5. The second kappa shape index (κ2) is 6.62. The maximum atomic E-state index is 13.7. The first-order valence-corrected chi connectivity index (χ1v) is 9.28. The highest BCUT2D eigenvalue weighted by Crippen LogP contribution is 2.46. The summed E-state index contributed by atoms with van der Waals surface area (Å²) in [7, 11) is 0. The van der Waals surface area contributed by atoms with Crippen LogP contribution in [0.15, 0.2) is 41.5 Å². The van der Waals surface area contributed by atoms with Gasteiger partial charge in [0, 0.05) is 24.1 Å². The molecule has 1 aliphatic carbocycles. The van der Waals surface area contributed by atoms with Crippen LogP contribution in [-0.4, -0.2) is 15.0 Å². The van der Waals surface area contributed by atoms with E-state index in [0.717, 1.165) is 6.92 Å². The van der Waals surface area contributed by atoms with Crippen molar-refractivity contribution in [1.29, 1.82) is 5.26 Å². The summed E-state index contributed by atoms with van der Waals surface area (Å²) in [6, 6.07) is 9.78. The number of hydrogen-bond donors (Lipinski definition) is 2. The summed E-state index contributed by atoms with van der Waals surface area (Å²) in [5, 5.41) is 13.2. The fourth-order valence-corrected chi connectivity index (χ4v) is 3.42. The summed E-state index contributed by atoms with van der Waals surface area (Å²) in [5.74, 6) is -2.47. The van der Waals surface area contributed by atoms with Crippen molar-refractivity contribution in [2.24, 2.45) is 0 Å². The minimum atomic E-state index is -2.93. The Bertz CT molecular complexity index is 1190. The van der Waals surface area contributed by atoms with Crippen LogP contribution in [0.1, 0.15) is 49.4 Å². The van der Waals surface area contributed by atoms with Gasteiger partial charge in [0.05, 0.1) is 16.9 Å². The Kier molecular flexibility index (Phi) is 4.34. The molecule has 148 valence electrons. The molecule has 3 aromatic rings. The summed E-state index contributed by atoms with van der Waals surface area (Å²) in [6.45, 7) is 2.70. The summed E-state index contributed by atoms with van der Waals surface area (Å²) < 4.78 is 27.3. The van der Waals surface area contributed by atoms with Crippen LogP contribution in [0.25, 0.3) is 11.0 Å². The second-order valence-corrected chi connectivity index (χ2v) is 7.57. The average molecular weight is 395 g/mol. The molecule has 0 radical (unpaired) electrons. The molecule has 1 aromatic carbocycles. The number of nitrogens with zero attached hydrogens (tertiary/aromatic N) is 3. The predicted octanol–water partition coefficient (Wildman–Crippen LogP) is 4.16. The van der Waals surface area contributed by atoms with E-state index in [9.17, 15) is 18.8 Å². The number of alkyl halides is 2. The zero-order valence-corrected chi connectivity index (χ0v) is 16.0. The van der Waals surface area contributed by atoms with Gasteiger partial charge in [0.15, 0.2) is 0 Å². The van der Waals surface area contributed by atoms with Crippen LogP contribution in [0, 0.1) is 11.3 Å². The third-order valence-corrected chi connectivity index (χ3v) is 5.38. The Morgan fingerprint density at radius 3 is 2.72 bits per heavy atom. The summed E-state index contributed by atoms with van der Waals surface area (Å²) in [5.41, 5.74) is 0.300. The van der Waals surface area contributed by atoms with E-state index in [0.29, 0.717) is 40.8 Å². The lowest BCUT2D eigenvalue weighted by Crippen LogP contribution is -2.21. The van der Waals surface area contributed by atoms with Gasteiger partial charge in [-0.05, 0) is 37.5 Å². The smallest absolute Gasteiger partial charge is 0.270 e. The number of H-pyrrole nitrogens is 1. The molecule has 2 N–H and O–H groups in total. The SMILES string of the molecule is C[C@@H](Nc1ncnc2[nH]c(=O)c(C3(C#N)CC3)cc12)c1cccc(C(C)(F)F)c1. The number of aromatic nitrogens is 3. The Labute approximate surface area is 165 Å². The molecule has 6 nitrogen and oxygen atoms in total. The lowest BCUT2D eigenvalue weighted by atomic mass is 9.98. The first-order valence-electron chi connectivity index (χ1n) is 9.28. The normalized spacial score (nSPS) is 16.2. The zero-order valence-electron chi connectivity index (χ0n) is 16.0. The largest absolute Gasteiger partial charge is 0.363 e. The van der Waals surface area contributed by atoms with Gasteiger partial charge in [0.1, 0.15) is 17.8 Å². The van der Waals surface area contributed by atoms with E-state index in [1.807, 2.05) is 6.92 Å². The van der Waals surface area contributed by atoms with Crippen molar-refractivity contribution < 1.29 is 8.78 Å². The van der Waals surface area contributed by atoms with Crippen molar-refractivity contribution in [3.8, 4) is 6.07 Å². The molecule has 29 heavy (non-hydrogen) atoms. The van der Waals surface area contributed by atoms with Crippen LogP contribution < -0.4 is 10.9 Å². The minimum Gasteiger partial charge on any atom is -0.363 e. The van der Waals surface area contributed by atoms with Gasteiger partial charge in [-0.25, -0.2) is 18.7 Å². The van der Waals surface area contributed by atoms with Gasteiger partial charge < -0.3 is 10.3 Å². The molecule has 1 atom stereocenters. The maximum absolute atomic E-state index is 13.7. The molecule has 2 heterocycles. The average Bonchev–Trinajstić information content (AvgIpc) is 3.48. The predicted molar refractivity (Wildman–Crippen MR) is 105 cm³/mol. The van der Waals surface area contributed by atoms with Gasteiger partial charge in [-0.3, -0.25) is 4.79 Å². The highest BCUT2D eigenvalue weighted by Gasteiger charge is 2.47. The van der Waals surface area contributed by atoms with Gasteiger partial charge in [-0.15, -0.1) is 0 Å². The first-order chi connectivity index (χ1) is 13.7. The first kappa shape index (κ1) is 19.0. The number of anilines is 1. The summed E-state index contributed by atoms with van der Waals surface area (Å²) in [6.07, 6.45) is 2.60. The Morgan fingerprint density at radius 1 is 1.31 bits per heavy atom. The van der Waals surface area contributed by atoms with Gasteiger partial charge in [-0.2, -0.15) is 5.26 Å². The van der Waals surface area contributed by atoms with Crippen LogP contribution in [0.4, 0.5) is 14.6 Å². The van der Waals surface area contributed by atoms with Gasteiger partial charge in [-0.1, -0.05) is 18.2 Å². The Hall–Kier alpha value is -3.34. The van der Waals surface area contributed by atoms with Crippen LogP contribution in [0.2, 0.25) is 0 Å². The molecule has 0 saturated heterocycles. The van der Waals surface area contributed by atoms with Crippen LogP contribution >= 0.6 is 0 Å². The fraction of sp³-hybridized carbons (Fsp3) is 0.333. The van der Waals surface area contributed by atoms with E-state index in [-0.39, 0.29) is 17.2 Å². The lowest BCUT2D eigenvalue weighted by molar-refractivity contribution is 0.0174. The molecule has 0 aliphatic heterocycles. The monoisotopic (exact) mass is 395 g/mol. The number of aromatic amines is 1. The number of nitrogens with one attached hydrogen (secondary N) is 2. The molecule has 4 rings (SSSR count). The fourth-order valence-electron chi connectivity index (χ4n) is 3.42. The highest BCUT2D eigenvalue weighted by atomic mass is 19.3. The molecule has 1 saturated carbocycles. The van der Waals surface area contributed by atoms with E-state index in [1.165, 1.54) is 18.5 Å². The maximum Gasteiger partial charge on any atom is 0.270 e. The van der Waals surface area contributed by atoms with Gasteiger partial charge in [0.2, 0.25) is 0 Å². The number of benzene rings is 1. The molecule has 0 bridgehead atoms. The van der Waals surface area contributed by atoms with Crippen molar-refractivity contribution in [2.45, 2.75) is 44.1 Å². The van der Waals surface area contributed by atoms with Crippen molar-refractivity contribution in [3.05, 3.63) is 63.7 Å². The molecule has 2 aromatic heterocycles. The molecule has 0 spiro atoms. The third-order valence-electron chi connectivity index (χ3n) is 5.38. The molecule has 1 aliphatic rings. The molecule has 0 amide bonds. The quantitative estimate of drug-likeness (QED) is 0.677. The van der Waals surface area contributed by atoms with Crippen LogP contribution in [0.3, 0.4) is 0 Å². The topological polar surface area (TPSA) is 94.5 Å². The number of hydrogen-bond acceptors (Lipinski definition) is 5. The lowest BCUT2D eigenvalue weighted by Gasteiger charge is -2.19. The highest BCUT2D eigenvalue weighted by molar-refractivity contribution is 5.87. The molecular formula is C21H19F2N5O. The summed E-state index contributed by atoms with van der Waals surface area (Å²) in [4.78, 5) is 23.5. The van der Waals surface area contributed by atoms with Gasteiger partial charge >= 0.3 is 0 Å². The van der Waals surface area contributed by atoms with Crippen LogP contribution in [0.5, 0.6) is 0 Å². The van der Waals surface area contributed by atoms with E-state index in [2.05, 4.69) is 26.3 Å². The van der Waals surface area contributed by atoms with Crippen LogP contribution in [-0.2, 0) is 11.3 Å². The van der Waals surface area contributed by atoms with Crippen molar-refractivity contribution in [3.63, 3.8) is 0 Å². The van der Waals surface area contributed by atoms with Gasteiger partial charge in [0.25, 0.3) is 11.5 Å². The van der Waals surface area contributed by atoms with E-state index in [4.69, 9.17) is 0 Å². The number of halogens is 2. The minimum absolute atomic E-state index is 0.0625. The summed E-state index contributed by atoms with van der Waals surface area (Å²) >= 11 is 0. The van der Waals surface area contributed by atoms with E-state index < -0.39 is 11.3 Å². The second-order valence-electron chi connectivity index (χ2n) is 7.57. The molecule has 0 unspecified atom stereocenters. The molecular weight excluding hydrogens is 376 g/mol. The van der Waals surface area contributed by atoms with Crippen molar-refractivity contribution >= 4 is 16.9 Å². The Balaban J connectivity index is 1.72. The standard InChI is InChI=1S/C21H19F2N5O/c1-12(13-4-3-5-14(8-13)20(2,22)23)27-17-15-9-16(21(10-24)6-7-21)19(29)28-18(15)26-11-25-17/h3-5,8-9,11-12H,6-7H2,1-2H3,(H2,25,26,27,28,29)/t12-/m1/s1. The Morgan fingerprint density at radius 2 is 2.07 bits per heavy atom. The zero-order chi connectivity index (χ0) is 20.8. The number of pyridine rings is 1. The number of nitriles is 1. The van der Waals surface area contributed by atoms with E-state index in [1.54, 1.807) is 18.2 Å².